The van der Waals surface area contributed by atoms with E-state index in [2.05, 4.69) is 5.32 Å². The van der Waals surface area contributed by atoms with Crippen molar-refractivity contribution >= 4 is 5.91 Å². The lowest BCUT2D eigenvalue weighted by molar-refractivity contribution is -0.125. The van der Waals surface area contributed by atoms with Crippen LogP contribution in [0.15, 0.2) is 0 Å². The molecule has 4 nitrogen and oxygen atoms in total. The number of carbonyl (C=O) groups excluding carboxylic acids is 1. The molecule has 2 rings (SSSR count). The minimum Gasteiger partial charge on any atom is -0.393 e. The summed E-state index contributed by atoms with van der Waals surface area (Å²) in [6.07, 6.45) is 5.46. The molecule has 1 aliphatic heterocycles. The molecular formula is C12H21NO3. The number of hydrogen-bond donors (Lipinski definition) is 2. The van der Waals surface area contributed by atoms with Gasteiger partial charge in [-0.25, -0.2) is 0 Å². The lowest BCUT2D eigenvalue weighted by Gasteiger charge is -2.31. The first-order chi connectivity index (χ1) is 7.74. The van der Waals surface area contributed by atoms with Crippen molar-refractivity contribution in [3.05, 3.63) is 0 Å². The molecule has 4 heteroatoms. The smallest absolute Gasteiger partial charge is 0.222 e. The maximum atomic E-state index is 11.6. The van der Waals surface area contributed by atoms with Gasteiger partial charge in [0.2, 0.25) is 5.91 Å². The van der Waals surface area contributed by atoms with E-state index in [1.807, 2.05) is 0 Å². The molecule has 1 atom stereocenters. The van der Waals surface area contributed by atoms with Gasteiger partial charge in [0.25, 0.3) is 0 Å². The fourth-order valence-corrected chi connectivity index (χ4v) is 2.37. The molecule has 92 valence electrons. The van der Waals surface area contributed by atoms with Crippen molar-refractivity contribution in [2.24, 2.45) is 5.92 Å². The average molecular weight is 227 g/mol. The van der Waals surface area contributed by atoms with Gasteiger partial charge in [-0.05, 0) is 38.0 Å². The normalized spacial score (nSPS) is 34.2. The number of hydrogen-bond acceptors (Lipinski definition) is 3. The zero-order valence-electron chi connectivity index (χ0n) is 9.65. The summed E-state index contributed by atoms with van der Waals surface area (Å²) < 4.78 is 5.51. The van der Waals surface area contributed by atoms with Crippen LogP contribution in [0.25, 0.3) is 0 Å². The van der Waals surface area contributed by atoms with Crippen LogP contribution < -0.4 is 5.32 Å². The molecule has 2 fully saturated rings. The summed E-state index contributed by atoms with van der Waals surface area (Å²) in [6.45, 7) is 1.51. The largest absolute Gasteiger partial charge is 0.393 e. The maximum Gasteiger partial charge on any atom is 0.222 e. The molecule has 0 aromatic heterocycles. The lowest BCUT2D eigenvalue weighted by Crippen LogP contribution is -2.39. The Morgan fingerprint density at radius 1 is 1.38 bits per heavy atom. The first-order valence-electron chi connectivity index (χ1n) is 6.30. The number of ether oxygens (including phenoxy) is 1. The second-order valence-corrected chi connectivity index (χ2v) is 4.99. The quantitative estimate of drug-likeness (QED) is 0.748. The van der Waals surface area contributed by atoms with Crippen LogP contribution in [0, 0.1) is 5.92 Å². The van der Waals surface area contributed by atoms with E-state index in [0.29, 0.717) is 18.9 Å². The Balaban J connectivity index is 1.57. The van der Waals surface area contributed by atoms with Crippen LogP contribution >= 0.6 is 0 Å². The van der Waals surface area contributed by atoms with Gasteiger partial charge in [-0.15, -0.1) is 0 Å². The number of amides is 1. The Labute approximate surface area is 96.4 Å². The van der Waals surface area contributed by atoms with Crippen LogP contribution in [0.5, 0.6) is 0 Å². The minimum atomic E-state index is -0.136. The molecule has 1 amide bonds. The predicted molar refractivity (Wildman–Crippen MR) is 59.9 cm³/mol. The zero-order valence-corrected chi connectivity index (χ0v) is 9.65. The summed E-state index contributed by atoms with van der Waals surface area (Å²) in [5.41, 5.74) is 0. The fraction of sp³-hybridized carbons (Fsp3) is 0.917. The monoisotopic (exact) mass is 227 g/mol. The molecule has 2 aliphatic rings. The molecular weight excluding hydrogens is 206 g/mol. The Morgan fingerprint density at radius 3 is 2.81 bits per heavy atom. The van der Waals surface area contributed by atoms with Crippen molar-refractivity contribution in [3.63, 3.8) is 0 Å². The van der Waals surface area contributed by atoms with Crippen molar-refractivity contribution < 1.29 is 14.6 Å². The average Bonchev–Trinajstić information content (AvgIpc) is 2.24. The van der Waals surface area contributed by atoms with E-state index >= 15 is 0 Å². The summed E-state index contributed by atoms with van der Waals surface area (Å²) in [5, 5.41) is 12.0. The highest BCUT2D eigenvalue weighted by molar-refractivity contribution is 5.76. The molecule has 0 radical (unpaired) electrons. The van der Waals surface area contributed by atoms with Crippen LogP contribution in [0.4, 0.5) is 0 Å². The van der Waals surface area contributed by atoms with E-state index < -0.39 is 0 Å². The van der Waals surface area contributed by atoms with Crippen LogP contribution in [0.1, 0.15) is 38.5 Å². The second kappa shape index (κ2) is 5.64. The van der Waals surface area contributed by atoms with Crippen molar-refractivity contribution in [3.8, 4) is 0 Å². The van der Waals surface area contributed by atoms with Gasteiger partial charge >= 0.3 is 0 Å². The number of aliphatic hydroxyl groups is 1. The zero-order chi connectivity index (χ0) is 11.4. The molecule has 0 aromatic carbocycles. The third-order valence-electron chi connectivity index (χ3n) is 3.49. The van der Waals surface area contributed by atoms with Crippen LogP contribution in [0.2, 0.25) is 0 Å². The summed E-state index contributed by atoms with van der Waals surface area (Å²) in [6, 6.07) is 0. The molecule has 0 aromatic rings. The van der Waals surface area contributed by atoms with Crippen molar-refractivity contribution in [2.75, 3.05) is 13.2 Å². The molecule has 1 unspecified atom stereocenters. The van der Waals surface area contributed by atoms with Gasteiger partial charge in [0.15, 0.2) is 0 Å². The molecule has 1 aliphatic carbocycles. The van der Waals surface area contributed by atoms with Crippen molar-refractivity contribution in [1.29, 1.82) is 0 Å². The van der Waals surface area contributed by atoms with Gasteiger partial charge in [0.05, 0.1) is 18.6 Å². The molecule has 0 bridgehead atoms. The van der Waals surface area contributed by atoms with E-state index in [9.17, 15) is 4.79 Å². The molecule has 2 N–H and O–H groups in total. The molecule has 1 saturated carbocycles. The first kappa shape index (κ1) is 11.9. The summed E-state index contributed by atoms with van der Waals surface area (Å²) in [7, 11) is 0. The highest BCUT2D eigenvalue weighted by Gasteiger charge is 2.27. The van der Waals surface area contributed by atoms with Crippen LogP contribution in [-0.2, 0) is 9.53 Å². The van der Waals surface area contributed by atoms with E-state index in [4.69, 9.17) is 9.84 Å². The SMILES string of the molecule is O=C(CC1CCCCO1)NCC1CC(O)C1. The Kier molecular flexibility index (Phi) is 4.18. The second-order valence-electron chi connectivity index (χ2n) is 4.99. The Bertz CT molecular complexity index is 232. The van der Waals surface area contributed by atoms with Crippen LogP contribution in [-0.4, -0.2) is 36.4 Å². The molecule has 16 heavy (non-hydrogen) atoms. The molecule has 1 heterocycles. The van der Waals surface area contributed by atoms with E-state index in [1.165, 1.54) is 6.42 Å². The fourth-order valence-electron chi connectivity index (χ4n) is 2.37. The third-order valence-corrected chi connectivity index (χ3v) is 3.49. The molecule has 0 spiro atoms. The predicted octanol–water partition coefficient (Wildman–Crippen LogP) is 0.833. The Morgan fingerprint density at radius 2 is 2.19 bits per heavy atom. The number of carbonyl (C=O) groups is 1. The summed E-state index contributed by atoms with van der Waals surface area (Å²) in [5.74, 6) is 0.569. The Hall–Kier alpha value is -0.610. The summed E-state index contributed by atoms with van der Waals surface area (Å²) in [4.78, 5) is 11.6. The standard InChI is InChI=1S/C12H21NO3/c14-10-5-9(6-10)8-13-12(15)7-11-3-1-2-4-16-11/h9-11,14H,1-8H2,(H,13,15). The van der Waals surface area contributed by atoms with Gasteiger partial charge in [0, 0.05) is 13.2 Å². The maximum absolute atomic E-state index is 11.6. The minimum absolute atomic E-state index is 0.0910. The van der Waals surface area contributed by atoms with E-state index in [1.54, 1.807) is 0 Å². The van der Waals surface area contributed by atoms with Gasteiger partial charge < -0.3 is 15.2 Å². The van der Waals surface area contributed by atoms with E-state index in [-0.39, 0.29) is 18.1 Å². The highest BCUT2D eigenvalue weighted by Crippen LogP contribution is 2.26. The highest BCUT2D eigenvalue weighted by atomic mass is 16.5. The number of aliphatic hydroxyl groups excluding tert-OH is 1. The van der Waals surface area contributed by atoms with Gasteiger partial charge in [-0.2, -0.15) is 0 Å². The number of rotatable bonds is 4. The summed E-state index contributed by atoms with van der Waals surface area (Å²) >= 11 is 0. The van der Waals surface area contributed by atoms with Gasteiger partial charge in [0.1, 0.15) is 0 Å². The topological polar surface area (TPSA) is 58.6 Å². The third kappa shape index (κ3) is 3.46. The van der Waals surface area contributed by atoms with Gasteiger partial charge in [-0.3, -0.25) is 4.79 Å². The van der Waals surface area contributed by atoms with Gasteiger partial charge in [-0.1, -0.05) is 0 Å². The molecule has 1 saturated heterocycles. The van der Waals surface area contributed by atoms with Crippen molar-refractivity contribution in [1.82, 2.24) is 5.32 Å². The lowest BCUT2D eigenvalue weighted by atomic mass is 9.82. The van der Waals surface area contributed by atoms with E-state index in [0.717, 1.165) is 32.3 Å². The van der Waals surface area contributed by atoms with Crippen LogP contribution in [0.3, 0.4) is 0 Å². The number of nitrogens with one attached hydrogen (secondary N) is 1. The first-order valence-corrected chi connectivity index (χ1v) is 6.30. The van der Waals surface area contributed by atoms with Crippen molar-refractivity contribution in [2.45, 2.75) is 50.7 Å².